The molecule has 0 fully saturated rings. The van der Waals surface area contributed by atoms with Crippen LogP contribution in [0.15, 0.2) is 12.1 Å². The van der Waals surface area contributed by atoms with Crippen molar-refractivity contribution in [3.05, 3.63) is 21.9 Å². The summed E-state index contributed by atoms with van der Waals surface area (Å²) in [7, 11) is 0. The Hall–Kier alpha value is -0.870. The standard InChI is InChI=1S/C12H18O3S/c1-12(2,3)10-5-4-9(16-10)6-7-15-8-11(13)14/h4-5H,6-8H2,1-3H3,(H,13,14). The predicted molar refractivity (Wildman–Crippen MR) is 65.2 cm³/mol. The number of rotatable bonds is 5. The molecule has 90 valence electrons. The highest BCUT2D eigenvalue weighted by atomic mass is 32.1. The minimum Gasteiger partial charge on any atom is -0.480 e. The summed E-state index contributed by atoms with van der Waals surface area (Å²) in [4.78, 5) is 12.8. The molecule has 1 heterocycles. The smallest absolute Gasteiger partial charge is 0.329 e. The van der Waals surface area contributed by atoms with E-state index in [0.29, 0.717) is 6.61 Å². The molecule has 0 amide bonds. The third kappa shape index (κ3) is 4.33. The zero-order chi connectivity index (χ0) is 12.2. The summed E-state index contributed by atoms with van der Waals surface area (Å²) in [6.07, 6.45) is 0.786. The number of carboxylic acids is 1. The van der Waals surface area contributed by atoms with Gasteiger partial charge in [-0.15, -0.1) is 11.3 Å². The maximum atomic E-state index is 10.2. The molecular formula is C12H18O3S. The fourth-order valence-corrected chi connectivity index (χ4v) is 2.29. The van der Waals surface area contributed by atoms with Crippen LogP contribution in [0.25, 0.3) is 0 Å². The predicted octanol–water partition coefficient (Wildman–Crippen LogP) is 2.69. The Balaban J connectivity index is 2.38. The van der Waals surface area contributed by atoms with E-state index in [2.05, 4.69) is 32.9 Å². The number of aliphatic carboxylic acids is 1. The van der Waals surface area contributed by atoms with E-state index in [1.165, 1.54) is 9.75 Å². The van der Waals surface area contributed by atoms with Crippen molar-refractivity contribution in [1.29, 1.82) is 0 Å². The van der Waals surface area contributed by atoms with Crippen molar-refractivity contribution in [2.75, 3.05) is 13.2 Å². The molecule has 0 aliphatic heterocycles. The average molecular weight is 242 g/mol. The Bertz CT molecular complexity index is 349. The molecule has 0 saturated carbocycles. The van der Waals surface area contributed by atoms with E-state index in [1.54, 1.807) is 11.3 Å². The van der Waals surface area contributed by atoms with Crippen molar-refractivity contribution in [2.45, 2.75) is 32.6 Å². The number of carboxylic acid groups (broad SMARTS) is 1. The van der Waals surface area contributed by atoms with Gasteiger partial charge in [-0.3, -0.25) is 0 Å². The summed E-state index contributed by atoms with van der Waals surface area (Å²) < 4.78 is 5.00. The van der Waals surface area contributed by atoms with Gasteiger partial charge in [-0.1, -0.05) is 20.8 Å². The molecule has 0 saturated heterocycles. The molecule has 3 nitrogen and oxygen atoms in total. The normalized spacial score (nSPS) is 11.7. The van der Waals surface area contributed by atoms with Crippen molar-refractivity contribution < 1.29 is 14.6 Å². The molecule has 1 aromatic heterocycles. The van der Waals surface area contributed by atoms with Gasteiger partial charge in [-0.05, 0) is 17.5 Å². The van der Waals surface area contributed by atoms with Gasteiger partial charge in [-0.2, -0.15) is 0 Å². The van der Waals surface area contributed by atoms with Crippen molar-refractivity contribution in [2.24, 2.45) is 0 Å². The Morgan fingerprint density at radius 3 is 2.62 bits per heavy atom. The maximum Gasteiger partial charge on any atom is 0.329 e. The van der Waals surface area contributed by atoms with Crippen molar-refractivity contribution in [3.63, 3.8) is 0 Å². The number of ether oxygens (including phenoxy) is 1. The monoisotopic (exact) mass is 242 g/mol. The van der Waals surface area contributed by atoms with Gasteiger partial charge in [0.25, 0.3) is 0 Å². The lowest BCUT2D eigenvalue weighted by molar-refractivity contribution is -0.142. The molecule has 0 radical (unpaired) electrons. The highest BCUT2D eigenvalue weighted by Crippen LogP contribution is 2.29. The van der Waals surface area contributed by atoms with E-state index in [9.17, 15) is 4.79 Å². The van der Waals surface area contributed by atoms with Crippen molar-refractivity contribution in [1.82, 2.24) is 0 Å². The van der Waals surface area contributed by atoms with E-state index in [4.69, 9.17) is 9.84 Å². The maximum absolute atomic E-state index is 10.2. The molecule has 4 heteroatoms. The first kappa shape index (κ1) is 13.2. The lowest BCUT2D eigenvalue weighted by atomic mass is 9.95. The molecule has 0 bridgehead atoms. The van der Waals surface area contributed by atoms with E-state index < -0.39 is 5.97 Å². The molecule has 0 unspecified atom stereocenters. The van der Waals surface area contributed by atoms with Gasteiger partial charge in [-0.25, -0.2) is 4.79 Å². The van der Waals surface area contributed by atoms with Crippen LogP contribution >= 0.6 is 11.3 Å². The quantitative estimate of drug-likeness (QED) is 0.807. The second-order valence-corrected chi connectivity index (χ2v) is 5.88. The largest absolute Gasteiger partial charge is 0.480 e. The third-order valence-electron chi connectivity index (χ3n) is 2.12. The first-order valence-electron chi connectivity index (χ1n) is 5.28. The van der Waals surface area contributed by atoms with Crippen LogP contribution in [0.1, 0.15) is 30.5 Å². The highest BCUT2D eigenvalue weighted by Gasteiger charge is 2.15. The Kier molecular flexibility index (Phi) is 4.50. The van der Waals surface area contributed by atoms with Gasteiger partial charge in [0, 0.05) is 16.2 Å². The molecule has 0 atom stereocenters. The van der Waals surface area contributed by atoms with Crippen LogP contribution < -0.4 is 0 Å². The van der Waals surface area contributed by atoms with E-state index in [0.717, 1.165) is 6.42 Å². The second-order valence-electron chi connectivity index (χ2n) is 4.71. The van der Waals surface area contributed by atoms with Crippen LogP contribution in [0.5, 0.6) is 0 Å². The lowest BCUT2D eigenvalue weighted by Crippen LogP contribution is -2.09. The number of carbonyl (C=O) groups is 1. The topological polar surface area (TPSA) is 46.5 Å². The number of thiophene rings is 1. The van der Waals surface area contributed by atoms with Gasteiger partial charge in [0.1, 0.15) is 6.61 Å². The van der Waals surface area contributed by atoms with Crippen LogP contribution in [0.3, 0.4) is 0 Å². The second kappa shape index (κ2) is 5.46. The number of hydrogen-bond acceptors (Lipinski definition) is 3. The summed E-state index contributed by atoms with van der Waals surface area (Å²) in [5.74, 6) is -0.915. The average Bonchev–Trinajstić information content (AvgIpc) is 2.59. The number of hydrogen-bond donors (Lipinski definition) is 1. The Morgan fingerprint density at radius 1 is 1.44 bits per heavy atom. The molecule has 1 aromatic rings. The zero-order valence-electron chi connectivity index (χ0n) is 9.95. The van der Waals surface area contributed by atoms with E-state index in [1.807, 2.05) is 0 Å². The fraction of sp³-hybridized carbons (Fsp3) is 0.583. The molecule has 0 aliphatic carbocycles. The molecule has 0 spiro atoms. The Morgan fingerprint density at radius 2 is 2.12 bits per heavy atom. The van der Waals surface area contributed by atoms with E-state index in [-0.39, 0.29) is 12.0 Å². The van der Waals surface area contributed by atoms with Crippen LogP contribution in [-0.4, -0.2) is 24.3 Å². The Labute approximate surface area is 100 Å². The van der Waals surface area contributed by atoms with Crippen molar-refractivity contribution in [3.8, 4) is 0 Å². The molecule has 16 heavy (non-hydrogen) atoms. The first-order valence-corrected chi connectivity index (χ1v) is 6.10. The minimum atomic E-state index is -0.915. The van der Waals surface area contributed by atoms with Crippen LogP contribution in [-0.2, 0) is 21.4 Å². The molecule has 0 aromatic carbocycles. The summed E-state index contributed by atoms with van der Waals surface area (Å²) in [5.41, 5.74) is 0.185. The molecule has 0 aliphatic rings. The van der Waals surface area contributed by atoms with Crippen LogP contribution in [0, 0.1) is 0 Å². The van der Waals surface area contributed by atoms with Crippen molar-refractivity contribution >= 4 is 17.3 Å². The van der Waals surface area contributed by atoms with Crippen LogP contribution in [0.2, 0.25) is 0 Å². The van der Waals surface area contributed by atoms with Gasteiger partial charge in [0.2, 0.25) is 0 Å². The first-order chi connectivity index (χ1) is 7.39. The summed E-state index contributed by atoms with van der Waals surface area (Å²) in [6, 6.07) is 4.23. The summed E-state index contributed by atoms with van der Waals surface area (Å²) in [6.45, 7) is 6.81. The lowest BCUT2D eigenvalue weighted by Gasteiger charge is -2.15. The van der Waals surface area contributed by atoms with Gasteiger partial charge < -0.3 is 9.84 Å². The van der Waals surface area contributed by atoms with Gasteiger partial charge in [0.15, 0.2) is 0 Å². The van der Waals surface area contributed by atoms with Gasteiger partial charge >= 0.3 is 5.97 Å². The van der Waals surface area contributed by atoms with E-state index >= 15 is 0 Å². The van der Waals surface area contributed by atoms with Gasteiger partial charge in [0.05, 0.1) is 6.61 Å². The summed E-state index contributed by atoms with van der Waals surface area (Å²) in [5, 5.41) is 8.40. The molecule has 1 rings (SSSR count). The highest BCUT2D eigenvalue weighted by molar-refractivity contribution is 7.12. The SMILES string of the molecule is CC(C)(C)c1ccc(CCOCC(=O)O)s1. The zero-order valence-corrected chi connectivity index (χ0v) is 10.8. The van der Waals surface area contributed by atoms with Crippen LogP contribution in [0.4, 0.5) is 0 Å². The molecule has 1 N–H and O–H groups in total. The summed E-state index contributed by atoms with van der Waals surface area (Å²) >= 11 is 1.77. The minimum absolute atomic E-state index is 0.185. The third-order valence-corrected chi connectivity index (χ3v) is 3.69. The fourth-order valence-electron chi connectivity index (χ4n) is 1.25. The molecular weight excluding hydrogens is 224 g/mol.